The quantitative estimate of drug-likeness (QED) is 0.616. The predicted octanol–water partition coefficient (Wildman–Crippen LogP) is 2.13. The van der Waals surface area contributed by atoms with Gasteiger partial charge in [0.25, 0.3) is 0 Å². The molecule has 130 valence electrons. The summed E-state index contributed by atoms with van der Waals surface area (Å²) in [6, 6.07) is 0.947. The fraction of sp³-hybridized carbons (Fsp3) is 0.889. The van der Waals surface area contributed by atoms with Crippen LogP contribution in [0, 0.1) is 11.8 Å². The van der Waals surface area contributed by atoms with Crippen LogP contribution in [0.1, 0.15) is 58.3 Å². The third-order valence-corrected chi connectivity index (χ3v) is 5.83. The third-order valence-electron chi connectivity index (χ3n) is 5.83. The van der Waals surface area contributed by atoms with Crippen molar-refractivity contribution in [2.24, 2.45) is 16.8 Å². The Morgan fingerprint density at radius 1 is 1.17 bits per heavy atom. The van der Waals surface area contributed by atoms with Crippen LogP contribution in [0.3, 0.4) is 0 Å². The van der Waals surface area contributed by atoms with Crippen LogP contribution >= 0.6 is 0 Å². The van der Waals surface area contributed by atoms with E-state index in [4.69, 9.17) is 0 Å². The standard InChI is InChI=1S/C18H32N4O/c1-3-17(23)22-10-9-14(12-22)20-18(19-2)21-16-11-15(16)13-7-5-4-6-8-13/h13-16H,3-12H2,1-2H3,(H2,19,20,21). The molecule has 3 unspecified atom stereocenters. The minimum Gasteiger partial charge on any atom is -0.353 e. The molecule has 5 nitrogen and oxygen atoms in total. The Balaban J connectivity index is 1.42. The summed E-state index contributed by atoms with van der Waals surface area (Å²) in [4.78, 5) is 18.1. The number of nitrogens with one attached hydrogen (secondary N) is 2. The Kier molecular flexibility index (Phi) is 5.44. The van der Waals surface area contributed by atoms with E-state index in [2.05, 4.69) is 15.6 Å². The van der Waals surface area contributed by atoms with Crippen molar-refractivity contribution in [1.29, 1.82) is 0 Å². The number of nitrogens with zero attached hydrogens (tertiary/aromatic N) is 2. The van der Waals surface area contributed by atoms with Crippen molar-refractivity contribution in [2.75, 3.05) is 20.1 Å². The van der Waals surface area contributed by atoms with Crippen LogP contribution in [0.5, 0.6) is 0 Å². The molecule has 3 atom stereocenters. The molecule has 1 heterocycles. The van der Waals surface area contributed by atoms with Crippen molar-refractivity contribution in [2.45, 2.75) is 70.4 Å². The fourth-order valence-corrected chi connectivity index (χ4v) is 4.33. The van der Waals surface area contributed by atoms with Crippen molar-refractivity contribution in [3.63, 3.8) is 0 Å². The molecule has 1 aliphatic heterocycles. The van der Waals surface area contributed by atoms with Gasteiger partial charge >= 0.3 is 0 Å². The highest BCUT2D eigenvalue weighted by Gasteiger charge is 2.43. The second kappa shape index (κ2) is 7.54. The van der Waals surface area contributed by atoms with E-state index in [0.29, 0.717) is 18.5 Å². The molecule has 2 aliphatic carbocycles. The predicted molar refractivity (Wildman–Crippen MR) is 93.4 cm³/mol. The first kappa shape index (κ1) is 16.6. The monoisotopic (exact) mass is 320 g/mol. The first-order valence-electron chi connectivity index (χ1n) is 9.49. The van der Waals surface area contributed by atoms with E-state index in [1.807, 2.05) is 18.9 Å². The number of amides is 1. The molecule has 2 saturated carbocycles. The normalized spacial score (nSPS) is 32.0. The average molecular weight is 320 g/mol. The van der Waals surface area contributed by atoms with E-state index in [0.717, 1.165) is 37.3 Å². The number of carbonyl (C=O) groups excluding carboxylic acids is 1. The van der Waals surface area contributed by atoms with Crippen LogP contribution in [-0.4, -0.2) is 49.0 Å². The molecule has 0 aromatic rings. The Hall–Kier alpha value is -1.26. The van der Waals surface area contributed by atoms with Gasteiger partial charge in [0, 0.05) is 38.6 Å². The van der Waals surface area contributed by atoms with Crippen LogP contribution in [0.4, 0.5) is 0 Å². The number of carbonyl (C=O) groups is 1. The Morgan fingerprint density at radius 3 is 2.65 bits per heavy atom. The summed E-state index contributed by atoms with van der Waals surface area (Å²) in [7, 11) is 1.84. The van der Waals surface area contributed by atoms with Gasteiger partial charge in [-0.2, -0.15) is 0 Å². The van der Waals surface area contributed by atoms with Gasteiger partial charge in [0.15, 0.2) is 5.96 Å². The Bertz CT molecular complexity index is 444. The van der Waals surface area contributed by atoms with Gasteiger partial charge in [-0.25, -0.2) is 0 Å². The first-order valence-corrected chi connectivity index (χ1v) is 9.49. The summed E-state index contributed by atoms with van der Waals surface area (Å²) < 4.78 is 0. The number of rotatable bonds is 4. The molecule has 3 rings (SSSR count). The zero-order chi connectivity index (χ0) is 16.2. The smallest absolute Gasteiger partial charge is 0.222 e. The van der Waals surface area contributed by atoms with Crippen LogP contribution in [-0.2, 0) is 4.79 Å². The van der Waals surface area contributed by atoms with E-state index < -0.39 is 0 Å². The van der Waals surface area contributed by atoms with Gasteiger partial charge in [-0.15, -0.1) is 0 Å². The molecule has 0 aromatic heterocycles. The fourth-order valence-electron chi connectivity index (χ4n) is 4.33. The molecule has 0 radical (unpaired) electrons. The summed E-state index contributed by atoms with van der Waals surface area (Å²) >= 11 is 0. The van der Waals surface area contributed by atoms with Gasteiger partial charge in [0.2, 0.25) is 5.91 Å². The maximum Gasteiger partial charge on any atom is 0.222 e. The van der Waals surface area contributed by atoms with E-state index in [1.54, 1.807) is 0 Å². The minimum atomic E-state index is 0.261. The number of hydrogen-bond acceptors (Lipinski definition) is 2. The minimum absolute atomic E-state index is 0.261. The molecular weight excluding hydrogens is 288 g/mol. The van der Waals surface area contributed by atoms with E-state index >= 15 is 0 Å². The van der Waals surface area contributed by atoms with E-state index in [-0.39, 0.29) is 5.91 Å². The lowest BCUT2D eigenvalue weighted by Gasteiger charge is -2.22. The number of hydrogen-bond donors (Lipinski definition) is 2. The van der Waals surface area contributed by atoms with Crippen molar-refractivity contribution in [1.82, 2.24) is 15.5 Å². The summed E-state index contributed by atoms with van der Waals surface area (Å²) in [5.41, 5.74) is 0. The largest absolute Gasteiger partial charge is 0.353 e. The summed E-state index contributed by atoms with van der Waals surface area (Å²) in [6.07, 6.45) is 10.0. The number of guanidine groups is 1. The van der Waals surface area contributed by atoms with Gasteiger partial charge in [0.1, 0.15) is 0 Å². The summed E-state index contributed by atoms with van der Waals surface area (Å²) in [5.74, 6) is 2.97. The van der Waals surface area contributed by atoms with Crippen molar-refractivity contribution < 1.29 is 4.79 Å². The molecule has 0 bridgehead atoms. The lowest BCUT2D eigenvalue weighted by molar-refractivity contribution is -0.129. The van der Waals surface area contributed by atoms with Gasteiger partial charge in [0.05, 0.1) is 0 Å². The topological polar surface area (TPSA) is 56.7 Å². The van der Waals surface area contributed by atoms with E-state index in [9.17, 15) is 4.79 Å². The van der Waals surface area contributed by atoms with Crippen molar-refractivity contribution in [3.8, 4) is 0 Å². The lowest BCUT2D eigenvalue weighted by Crippen LogP contribution is -2.46. The van der Waals surface area contributed by atoms with Crippen LogP contribution in [0.25, 0.3) is 0 Å². The van der Waals surface area contributed by atoms with Gasteiger partial charge in [-0.1, -0.05) is 39.0 Å². The molecule has 1 amide bonds. The molecule has 0 aromatic carbocycles. The lowest BCUT2D eigenvalue weighted by atomic mass is 9.85. The van der Waals surface area contributed by atoms with Crippen LogP contribution < -0.4 is 10.6 Å². The zero-order valence-corrected chi connectivity index (χ0v) is 14.7. The highest BCUT2D eigenvalue weighted by molar-refractivity contribution is 5.81. The molecule has 0 spiro atoms. The summed E-state index contributed by atoms with van der Waals surface area (Å²) in [5, 5.41) is 7.12. The molecule has 23 heavy (non-hydrogen) atoms. The first-order chi connectivity index (χ1) is 11.2. The maximum absolute atomic E-state index is 11.8. The summed E-state index contributed by atoms with van der Waals surface area (Å²) in [6.45, 7) is 3.61. The molecule has 1 saturated heterocycles. The molecular formula is C18H32N4O. The molecule has 2 N–H and O–H groups in total. The zero-order valence-electron chi connectivity index (χ0n) is 14.7. The average Bonchev–Trinajstić information content (AvgIpc) is 3.21. The van der Waals surface area contributed by atoms with Crippen molar-refractivity contribution >= 4 is 11.9 Å². The number of aliphatic imine (C=N–C) groups is 1. The Morgan fingerprint density at radius 2 is 1.96 bits per heavy atom. The van der Waals surface area contributed by atoms with Crippen molar-refractivity contribution in [3.05, 3.63) is 0 Å². The highest BCUT2D eigenvalue weighted by Crippen LogP contribution is 2.44. The number of likely N-dealkylation sites (tertiary alicyclic amines) is 1. The second-order valence-electron chi connectivity index (χ2n) is 7.44. The van der Waals surface area contributed by atoms with E-state index in [1.165, 1.54) is 38.5 Å². The van der Waals surface area contributed by atoms with Crippen LogP contribution in [0.2, 0.25) is 0 Å². The molecule has 3 aliphatic rings. The van der Waals surface area contributed by atoms with Crippen LogP contribution in [0.15, 0.2) is 4.99 Å². The maximum atomic E-state index is 11.8. The van der Waals surface area contributed by atoms with Gasteiger partial charge in [-0.3, -0.25) is 9.79 Å². The van der Waals surface area contributed by atoms with Gasteiger partial charge in [-0.05, 0) is 24.7 Å². The molecule has 5 heteroatoms. The van der Waals surface area contributed by atoms with Gasteiger partial charge < -0.3 is 15.5 Å². The Labute approximate surface area is 140 Å². The third kappa shape index (κ3) is 4.18. The molecule has 3 fully saturated rings. The second-order valence-corrected chi connectivity index (χ2v) is 7.44. The SMILES string of the molecule is CCC(=O)N1CCC(NC(=NC)NC2CC2C2CCCCC2)C1. The highest BCUT2D eigenvalue weighted by atomic mass is 16.2.